The van der Waals surface area contributed by atoms with Gasteiger partial charge < -0.3 is 8.74 Å². The molecule has 0 bridgehead atoms. The van der Waals surface area contributed by atoms with Crippen LogP contribution in [-0.4, -0.2) is 23.4 Å². The average molecular weight is 358 g/mol. The second kappa shape index (κ2) is 7.14. The molecule has 2 aromatic rings. The fourth-order valence-corrected chi connectivity index (χ4v) is 3.46. The third-order valence-electron chi connectivity index (χ3n) is 2.57. The molecule has 0 aliphatic carbocycles. The average Bonchev–Trinajstić information content (AvgIpc) is 2.48. The van der Waals surface area contributed by atoms with Crippen molar-refractivity contribution in [3.63, 3.8) is 0 Å². The zero-order valence-electron chi connectivity index (χ0n) is 11.4. The molecule has 0 saturated heterocycles. The van der Waals surface area contributed by atoms with Crippen LogP contribution in [0.2, 0.25) is 0 Å². The van der Waals surface area contributed by atoms with Crippen LogP contribution in [0.3, 0.4) is 0 Å². The summed E-state index contributed by atoms with van der Waals surface area (Å²) in [5.74, 6) is 0.407. The predicted molar refractivity (Wildman–Crippen MR) is 85.0 cm³/mol. The zero-order valence-corrected chi connectivity index (χ0v) is 13.8. The van der Waals surface area contributed by atoms with E-state index < -0.39 is 21.1 Å². The maximum absolute atomic E-state index is 12.3. The van der Waals surface area contributed by atoms with Crippen molar-refractivity contribution in [2.45, 2.75) is 9.79 Å². The number of nitrogens with one attached hydrogen (secondary N) is 1. The van der Waals surface area contributed by atoms with Gasteiger partial charge in [-0.05, 0) is 41.4 Å². The molecule has 0 radical (unpaired) electrons. The number of benzene rings is 2. The minimum absolute atomic E-state index is 0.000308. The zero-order chi connectivity index (χ0) is 16.2. The van der Waals surface area contributed by atoms with Crippen molar-refractivity contribution in [1.82, 2.24) is 0 Å². The Labute approximate surface area is 135 Å². The van der Waals surface area contributed by atoms with Gasteiger partial charge in [-0.1, -0.05) is 12.1 Å². The van der Waals surface area contributed by atoms with Crippen molar-refractivity contribution in [3.8, 4) is 5.75 Å². The predicted octanol–water partition coefficient (Wildman–Crippen LogP) is 2.38. The molecule has 6 nitrogen and oxygen atoms in total. The summed E-state index contributed by atoms with van der Waals surface area (Å²) in [6, 6.07) is 11.5. The van der Waals surface area contributed by atoms with E-state index in [1.54, 1.807) is 18.4 Å². The van der Waals surface area contributed by atoms with E-state index in [1.807, 2.05) is 0 Å². The summed E-state index contributed by atoms with van der Waals surface area (Å²) in [7, 11) is -3.84. The van der Waals surface area contributed by atoms with Gasteiger partial charge in [0, 0.05) is 22.9 Å². The Hall–Kier alpha value is -1.55. The lowest BCUT2D eigenvalue weighted by molar-refractivity contribution is 0.537. The second-order valence-corrected chi connectivity index (χ2v) is 7.22. The van der Waals surface area contributed by atoms with Gasteiger partial charge >= 0.3 is 0 Å². The maximum Gasteiger partial charge on any atom is 0.262 e. The Balaban J connectivity index is 2.29. The van der Waals surface area contributed by atoms with E-state index in [9.17, 15) is 17.2 Å². The number of hydrogen-bond donors (Lipinski definition) is 1. The van der Waals surface area contributed by atoms with Crippen LogP contribution in [0.15, 0.2) is 58.3 Å². The van der Waals surface area contributed by atoms with Gasteiger partial charge in [0.25, 0.3) is 10.0 Å². The van der Waals surface area contributed by atoms with Crippen LogP contribution in [0.5, 0.6) is 5.75 Å². The highest BCUT2D eigenvalue weighted by molar-refractivity contribution is 7.94. The molecule has 0 saturated carbocycles. The molecule has 22 heavy (non-hydrogen) atoms. The van der Waals surface area contributed by atoms with E-state index in [0.717, 1.165) is 12.0 Å². The molecule has 1 N–H and O–H groups in total. The first-order valence-electron chi connectivity index (χ1n) is 5.95. The molecule has 9 heteroatoms. The summed E-state index contributed by atoms with van der Waals surface area (Å²) in [6.45, 7) is 0. The summed E-state index contributed by atoms with van der Waals surface area (Å²) < 4.78 is 54.0. The SMILES string of the molecule is CSOc1cccc(S(=O)(=O)Nc2cccc(S(=O)[O-])c2)c1. The van der Waals surface area contributed by atoms with E-state index in [1.165, 1.54) is 36.4 Å². The van der Waals surface area contributed by atoms with E-state index in [0.29, 0.717) is 5.75 Å². The highest BCUT2D eigenvalue weighted by Crippen LogP contribution is 2.23. The minimum Gasteiger partial charge on any atom is -0.768 e. The van der Waals surface area contributed by atoms with E-state index in [2.05, 4.69) is 4.72 Å². The fourth-order valence-electron chi connectivity index (χ4n) is 1.67. The standard InChI is InChI=1S/C13H13NO5S3/c1-20-19-11-5-3-7-13(9-11)22(17,18)14-10-4-2-6-12(8-10)21(15)16/h2-9,14H,1H3,(H,15,16)/p-1. The maximum atomic E-state index is 12.3. The number of rotatable bonds is 6. The molecule has 0 fully saturated rings. The van der Waals surface area contributed by atoms with E-state index in [4.69, 9.17) is 4.18 Å². The van der Waals surface area contributed by atoms with Crippen LogP contribution < -0.4 is 8.91 Å². The van der Waals surface area contributed by atoms with Crippen molar-refractivity contribution in [1.29, 1.82) is 0 Å². The van der Waals surface area contributed by atoms with Gasteiger partial charge in [-0.2, -0.15) is 0 Å². The van der Waals surface area contributed by atoms with Crippen LogP contribution in [0, 0.1) is 0 Å². The van der Waals surface area contributed by atoms with Crippen LogP contribution in [-0.2, 0) is 21.1 Å². The van der Waals surface area contributed by atoms with Gasteiger partial charge in [-0.3, -0.25) is 8.93 Å². The summed E-state index contributed by atoms with van der Waals surface area (Å²) >= 11 is -1.33. The van der Waals surface area contributed by atoms with Crippen LogP contribution in [0.1, 0.15) is 0 Å². The lowest BCUT2D eigenvalue weighted by atomic mass is 10.3. The van der Waals surface area contributed by atoms with Crippen LogP contribution in [0.4, 0.5) is 5.69 Å². The topological polar surface area (TPSA) is 95.5 Å². The molecule has 2 aromatic carbocycles. The van der Waals surface area contributed by atoms with Crippen molar-refractivity contribution in [3.05, 3.63) is 48.5 Å². The fraction of sp³-hybridized carbons (Fsp3) is 0.0769. The molecule has 1 unspecified atom stereocenters. The minimum atomic E-state index is -3.84. The number of sulfonamides is 1. The first-order chi connectivity index (χ1) is 10.4. The molecular weight excluding hydrogens is 346 g/mol. The molecule has 118 valence electrons. The lowest BCUT2D eigenvalue weighted by Gasteiger charge is -2.11. The number of hydrogen-bond acceptors (Lipinski definition) is 6. The summed E-state index contributed by atoms with van der Waals surface area (Å²) in [6.07, 6.45) is 1.72. The molecule has 1 atom stereocenters. The van der Waals surface area contributed by atoms with Crippen molar-refractivity contribution >= 4 is 38.8 Å². The Kier molecular flexibility index (Phi) is 5.46. The Bertz CT molecular complexity index is 792. The quantitative estimate of drug-likeness (QED) is 0.629. The van der Waals surface area contributed by atoms with Crippen molar-refractivity contribution in [2.75, 3.05) is 11.0 Å². The number of anilines is 1. The van der Waals surface area contributed by atoms with Crippen molar-refractivity contribution in [2.24, 2.45) is 0 Å². The van der Waals surface area contributed by atoms with Gasteiger partial charge in [0.1, 0.15) is 5.75 Å². The van der Waals surface area contributed by atoms with Gasteiger partial charge in [-0.15, -0.1) is 0 Å². The molecule has 2 rings (SSSR count). The normalized spacial score (nSPS) is 12.6. The smallest absolute Gasteiger partial charge is 0.262 e. The molecule has 0 amide bonds. The molecule has 0 heterocycles. The van der Waals surface area contributed by atoms with Gasteiger partial charge in [0.2, 0.25) is 0 Å². The molecular formula is C13H12NO5S3-. The Morgan fingerprint density at radius 3 is 2.59 bits per heavy atom. The molecule has 0 aliphatic heterocycles. The van der Waals surface area contributed by atoms with E-state index in [-0.39, 0.29) is 15.5 Å². The van der Waals surface area contributed by atoms with Gasteiger partial charge in [-0.25, -0.2) is 8.42 Å². The highest BCUT2D eigenvalue weighted by atomic mass is 32.2. The van der Waals surface area contributed by atoms with E-state index >= 15 is 0 Å². The van der Waals surface area contributed by atoms with Gasteiger partial charge in [0.05, 0.1) is 16.9 Å². The second-order valence-electron chi connectivity index (χ2n) is 4.09. The largest absolute Gasteiger partial charge is 0.768 e. The summed E-state index contributed by atoms with van der Waals surface area (Å²) in [5.41, 5.74) is 0.165. The lowest BCUT2D eigenvalue weighted by Crippen LogP contribution is -2.13. The monoisotopic (exact) mass is 358 g/mol. The van der Waals surface area contributed by atoms with Crippen molar-refractivity contribution < 1.29 is 21.4 Å². The Morgan fingerprint density at radius 2 is 1.91 bits per heavy atom. The molecule has 0 spiro atoms. The third kappa shape index (κ3) is 4.23. The summed E-state index contributed by atoms with van der Waals surface area (Å²) in [5, 5.41) is 0. The first-order valence-corrected chi connectivity index (χ1v) is 9.66. The third-order valence-corrected chi connectivity index (χ3v) is 4.95. The van der Waals surface area contributed by atoms with Gasteiger partial charge in [0.15, 0.2) is 0 Å². The highest BCUT2D eigenvalue weighted by Gasteiger charge is 2.15. The summed E-state index contributed by atoms with van der Waals surface area (Å²) in [4.78, 5) is 0.0207. The molecule has 0 aliphatic rings. The first kappa shape index (κ1) is 16.8. The van der Waals surface area contributed by atoms with Crippen LogP contribution in [0.25, 0.3) is 0 Å². The molecule has 0 aromatic heterocycles. The Morgan fingerprint density at radius 1 is 1.18 bits per heavy atom. The van der Waals surface area contributed by atoms with Crippen LogP contribution >= 0.6 is 12.0 Å².